The third-order valence-electron chi connectivity index (χ3n) is 3.80. The SMILES string of the molecule is Cn1ncc(NC(=O)c2ccc(COc3c(Cl)c(Cl)c(Cl)c(Cl)c3Cl)o2)c1C(=O)O. The number of nitrogens with one attached hydrogen (secondary N) is 1. The number of aromatic carboxylic acids is 1. The van der Waals surface area contributed by atoms with Crippen molar-refractivity contribution in [3.05, 3.63) is 60.7 Å². The van der Waals surface area contributed by atoms with Gasteiger partial charge in [-0.25, -0.2) is 4.79 Å². The summed E-state index contributed by atoms with van der Waals surface area (Å²) in [6.07, 6.45) is 1.21. The molecule has 2 heterocycles. The van der Waals surface area contributed by atoms with Crippen LogP contribution in [-0.4, -0.2) is 26.8 Å². The van der Waals surface area contributed by atoms with Crippen LogP contribution in [0.2, 0.25) is 25.1 Å². The Morgan fingerprint density at radius 1 is 1.10 bits per heavy atom. The number of benzene rings is 1. The van der Waals surface area contributed by atoms with Crippen LogP contribution >= 0.6 is 58.0 Å². The van der Waals surface area contributed by atoms with Gasteiger partial charge in [0, 0.05) is 7.05 Å². The number of hydrogen-bond acceptors (Lipinski definition) is 5. The molecule has 2 N–H and O–H groups in total. The number of furan rings is 1. The van der Waals surface area contributed by atoms with Gasteiger partial charge in [-0.05, 0) is 12.1 Å². The molecular formula is C17H10Cl5N3O5. The second-order valence-corrected chi connectivity index (χ2v) is 7.63. The summed E-state index contributed by atoms with van der Waals surface area (Å²) < 4.78 is 12.1. The highest BCUT2D eigenvalue weighted by atomic mass is 35.5. The molecule has 158 valence electrons. The zero-order chi connectivity index (χ0) is 22.2. The smallest absolute Gasteiger partial charge is 0.356 e. The molecule has 0 saturated carbocycles. The molecule has 0 radical (unpaired) electrons. The van der Waals surface area contributed by atoms with Crippen LogP contribution in [0.4, 0.5) is 5.69 Å². The molecule has 3 rings (SSSR count). The zero-order valence-electron chi connectivity index (χ0n) is 14.8. The van der Waals surface area contributed by atoms with Gasteiger partial charge >= 0.3 is 5.97 Å². The quantitative estimate of drug-likeness (QED) is 0.318. The largest absolute Gasteiger partial charge is 0.482 e. The number of hydrogen-bond donors (Lipinski definition) is 2. The maximum Gasteiger partial charge on any atom is 0.356 e. The van der Waals surface area contributed by atoms with Crippen LogP contribution < -0.4 is 10.1 Å². The Morgan fingerprint density at radius 2 is 1.70 bits per heavy atom. The molecule has 0 aliphatic carbocycles. The van der Waals surface area contributed by atoms with Crippen LogP contribution in [0.1, 0.15) is 26.8 Å². The number of aryl methyl sites for hydroxylation is 1. The fraction of sp³-hybridized carbons (Fsp3) is 0.118. The predicted molar refractivity (Wildman–Crippen MR) is 113 cm³/mol. The second kappa shape index (κ2) is 8.95. The fourth-order valence-electron chi connectivity index (χ4n) is 2.40. The van der Waals surface area contributed by atoms with Crippen LogP contribution in [0.5, 0.6) is 5.75 Å². The van der Waals surface area contributed by atoms with Gasteiger partial charge in [0.1, 0.15) is 22.4 Å². The molecule has 1 amide bonds. The van der Waals surface area contributed by atoms with Gasteiger partial charge < -0.3 is 19.6 Å². The minimum atomic E-state index is -1.24. The Balaban J connectivity index is 1.74. The van der Waals surface area contributed by atoms with Crippen LogP contribution in [-0.2, 0) is 13.7 Å². The normalized spacial score (nSPS) is 10.9. The highest BCUT2D eigenvalue weighted by Gasteiger charge is 2.22. The minimum Gasteiger partial charge on any atom is -0.482 e. The number of carboxylic acid groups (broad SMARTS) is 1. The molecule has 13 heteroatoms. The first-order chi connectivity index (χ1) is 14.1. The molecule has 1 aromatic carbocycles. The Morgan fingerprint density at radius 3 is 2.30 bits per heavy atom. The van der Waals surface area contributed by atoms with Crippen molar-refractivity contribution < 1.29 is 23.8 Å². The van der Waals surface area contributed by atoms with Crippen LogP contribution in [0, 0.1) is 0 Å². The van der Waals surface area contributed by atoms with Crippen molar-refractivity contribution in [2.75, 3.05) is 5.32 Å². The lowest BCUT2D eigenvalue weighted by Crippen LogP contribution is -2.15. The number of aromatic nitrogens is 2. The maximum absolute atomic E-state index is 12.4. The van der Waals surface area contributed by atoms with Gasteiger partial charge in [-0.1, -0.05) is 58.0 Å². The third kappa shape index (κ3) is 4.33. The van der Waals surface area contributed by atoms with Crippen LogP contribution in [0.15, 0.2) is 22.7 Å². The van der Waals surface area contributed by atoms with Gasteiger partial charge in [0.25, 0.3) is 5.91 Å². The number of rotatable bonds is 6. The molecule has 2 aromatic heterocycles. The third-order valence-corrected chi connectivity index (χ3v) is 6.05. The van der Waals surface area contributed by atoms with Crippen molar-refractivity contribution in [1.29, 1.82) is 0 Å². The summed E-state index contributed by atoms with van der Waals surface area (Å²) in [4.78, 5) is 23.6. The number of anilines is 1. The summed E-state index contributed by atoms with van der Waals surface area (Å²) in [5.41, 5.74) is -0.160. The average molecular weight is 514 g/mol. The number of nitrogens with zero attached hydrogens (tertiary/aromatic N) is 2. The lowest BCUT2D eigenvalue weighted by Gasteiger charge is -2.12. The standard InChI is InChI=1S/C17H10Cl5N3O5/c1-25-14(17(27)28)7(4-23-25)24-16(26)8-3-2-6(30-8)5-29-15-12(21)10(19)9(18)11(20)13(15)22/h2-4H,5H2,1H3,(H,24,26)(H,27,28). The molecule has 30 heavy (non-hydrogen) atoms. The van der Waals surface area contributed by atoms with E-state index in [0.29, 0.717) is 0 Å². The lowest BCUT2D eigenvalue weighted by molar-refractivity contribution is 0.0686. The highest BCUT2D eigenvalue weighted by Crippen LogP contribution is 2.48. The monoisotopic (exact) mass is 511 g/mol. The van der Waals surface area contributed by atoms with Crippen molar-refractivity contribution in [1.82, 2.24) is 9.78 Å². The molecule has 3 aromatic rings. The number of halogens is 5. The van der Waals surface area contributed by atoms with E-state index in [2.05, 4.69) is 10.4 Å². The Kier molecular flexibility index (Phi) is 6.74. The topological polar surface area (TPSA) is 107 Å². The average Bonchev–Trinajstić information content (AvgIpc) is 3.31. The molecule has 0 unspecified atom stereocenters. The molecule has 0 aliphatic rings. The van der Waals surface area contributed by atoms with E-state index in [-0.39, 0.29) is 60.4 Å². The molecule has 0 aliphatic heterocycles. The molecular weight excluding hydrogens is 503 g/mol. The summed E-state index contributed by atoms with van der Waals surface area (Å²) in [5, 5.41) is 15.3. The van der Waals surface area contributed by atoms with Crippen molar-refractivity contribution >= 4 is 75.6 Å². The van der Waals surface area contributed by atoms with E-state index in [1.165, 1.54) is 25.4 Å². The van der Waals surface area contributed by atoms with Crippen molar-refractivity contribution in [3.63, 3.8) is 0 Å². The molecule has 0 atom stereocenters. The van der Waals surface area contributed by atoms with Gasteiger partial charge in [0.05, 0.1) is 27.0 Å². The van der Waals surface area contributed by atoms with Gasteiger partial charge in [-0.3, -0.25) is 9.48 Å². The van der Waals surface area contributed by atoms with E-state index in [4.69, 9.17) is 67.2 Å². The van der Waals surface area contributed by atoms with Gasteiger partial charge in [-0.2, -0.15) is 5.10 Å². The van der Waals surface area contributed by atoms with Crippen LogP contribution in [0.3, 0.4) is 0 Å². The fourth-order valence-corrected chi connectivity index (χ4v) is 3.63. The summed E-state index contributed by atoms with van der Waals surface area (Å²) >= 11 is 30.1. The Bertz CT molecular complexity index is 1130. The van der Waals surface area contributed by atoms with Crippen molar-refractivity contribution in [2.24, 2.45) is 7.05 Å². The number of ether oxygens (including phenoxy) is 1. The first-order valence-corrected chi connectivity index (χ1v) is 9.80. The van der Waals surface area contributed by atoms with Gasteiger partial charge in [-0.15, -0.1) is 0 Å². The first kappa shape index (κ1) is 22.6. The molecule has 0 saturated heterocycles. The van der Waals surface area contributed by atoms with Crippen molar-refractivity contribution in [3.8, 4) is 5.75 Å². The van der Waals surface area contributed by atoms with E-state index < -0.39 is 11.9 Å². The number of carboxylic acids is 1. The lowest BCUT2D eigenvalue weighted by atomic mass is 10.3. The number of carbonyl (C=O) groups is 2. The number of carbonyl (C=O) groups excluding carboxylic acids is 1. The van der Waals surface area contributed by atoms with E-state index in [1.54, 1.807) is 0 Å². The molecule has 0 spiro atoms. The predicted octanol–water partition coefficient (Wildman–Crippen LogP) is 5.81. The maximum atomic E-state index is 12.4. The first-order valence-electron chi connectivity index (χ1n) is 7.91. The van der Waals surface area contributed by atoms with E-state index in [9.17, 15) is 14.7 Å². The van der Waals surface area contributed by atoms with Gasteiger partial charge in [0.2, 0.25) is 0 Å². The molecule has 0 fully saturated rings. The van der Waals surface area contributed by atoms with E-state index >= 15 is 0 Å². The summed E-state index contributed by atoms with van der Waals surface area (Å²) in [7, 11) is 1.44. The summed E-state index contributed by atoms with van der Waals surface area (Å²) in [6.45, 7) is -0.158. The highest BCUT2D eigenvalue weighted by molar-refractivity contribution is 6.55. The molecule has 0 bridgehead atoms. The Labute approximate surface area is 194 Å². The van der Waals surface area contributed by atoms with Crippen LogP contribution in [0.25, 0.3) is 0 Å². The molecule has 8 nitrogen and oxygen atoms in total. The number of amides is 1. The van der Waals surface area contributed by atoms with E-state index in [1.807, 2.05) is 0 Å². The van der Waals surface area contributed by atoms with Crippen molar-refractivity contribution in [2.45, 2.75) is 6.61 Å². The zero-order valence-corrected chi connectivity index (χ0v) is 18.6. The second-order valence-electron chi connectivity index (χ2n) is 5.74. The Hall–Kier alpha value is -2.10. The minimum absolute atomic E-state index is 0.00148. The summed E-state index contributed by atoms with van der Waals surface area (Å²) in [5.74, 6) is -1.75. The van der Waals surface area contributed by atoms with E-state index in [0.717, 1.165) is 4.68 Å². The summed E-state index contributed by atoms with van der Waals surface area (Å²) in [6, 6.07) is 2.87. The van der Waals surface area contributed by atoms with Gasteiger partial charge in [0.15, 0.2) is 17.2 Å².